The summed E-state index contributed by atoms with van der Waals surface area (Å²) in [6.45, 7) is 0. The van der Waals surface area contributed by atoms with Crippen LogP contribution in [-0.2, 0) is 0 Å². The normalized spacial score (nSPS) is 9.78. The Kier molecular flexibility index (Phi) is 3.33. The number of aromatic hydroxyl groups is 1. The van der Waals surface area contributed by atoms with Crippen molar-refractivity contribution in [3.63, 3.8) is 0 Å². The fourth-order valence-corrected chi connectivity index (χ4v) is 1.47. The summed E-state index contributed by atoms with van der Waals surface area (Å²) < 4.78 is 0. The molecule has 90 valence electrons. The van der Waals surface area contributed by atoms with Crippen LogP contribution in [0.4, 0.5) is 5.69 Å². The number of carbonyl (C=O) groups excluding carboxylic acids is 2. The van der Waals surface area contributed by atoms with Gasteiger partial charge in [0.25, 0.3) is 5.91 Å². The lowest BCUT2D eigenvalue weighted by molar-refractivity contribution is 0.102. The summed E-state index contributed by atoms with van der Waals surface area (Å²) in [5, 5.41) is 12.1. The van der Waals surface area contributed by atoms with Crippen LogP contribution in [0.15, 0.2) is 42.7 Å². The van der Waals surface area contributed by atoms with Gasteiger partial charge in [-0.15, -0.1) is 0 Å². The SMILES string of the molecule is O=Cc1cccc(NC(=O)c2ccncc2O)c1. The van der Waals surface area contributed by atoms with Crippen LogP contribution in [0.2, 0.25) is 0 Å². The highest BCUT2D eigenvalue weighted by Crippen LogP contribution is 2.17. The number of hydrogen-bond acceptors (Lipinski definition) is 4. The third kappa shape index (κ3) is 2.52. The zero-order valence-corrected chi connectivity index (χ0v) is 9.33. The topological polar surface area (TPSA) is 79.3 Å². The Hall–Kier alpha value is -2.69. The molecule has 0 fully saturated rings. The molecule has 5 nitrogen and oxygen atoms in total. The first-order valence-corrected chi connectivity index (χ1v) is 5.20. The van der Waals surface area contributed by atoms with Crippen LogP contribution < -0.4 is 5.32 Å². The summed E-state index contributed by atoms with van der Waals surface area (Å²) in [6, 6.07) is 7.90. The Labute approximate surface area is 103 Å². The van der Waals surface area contributed by atoms with Crippen molar-refractivity contribution in [1.82, 2.24) is 4.98 Å². The van der Waals surface area contributed by atoms with E-state index in [4.69, 9.17) is 0 Å². The number of rotatable bonds is 3. The standard InChI is InChI=1S/C13H10N2O3/c16-8-9-2-1-3-10(6-9)15-13(18)11-4-5-14-7-12(11)17/h1-8,17H,(H,15,18). The second-order valence-electron chi connectivity index (χ2n) is 3.59. The highest BCUT2D eigenvalue weighted by atomic mass is 16.3. The molecule has 1 aromatic heterocycles. The summed E-state index contributed by atoms with van der Waals surface area (Å²) in [6.07, 6.45) is 3.30. The second kappa shape index (κ2) is 5.09. The van der Waals surface area contributed by atoms with Gasteiger partial charge in [-0.1, -0.05) is 12.1 Å². The monoisotopic (exact) mass is 242 g/mol. The molecular formula is C13H10N2O3. The number of pyridine rings is 1. The summed E-state index contributed by atoms with van der Waals surface area (Å²) >= 11 is 0. The number of anilines is 1. The Morgan fingerprint density at radius 3 is 2.89 bits per heavy atom. The van der Waals surface area contributed by atoms with Gasteiger partial charge >= 0.3 is 0 Å². The molecule has 0 bridgehead atoms. The maximum atomic E-state index is 11.8. The maximum Gasteiger partial charge on any atom is 0.259 e. The first kappa shape index (κ1) is 11.8. The number of hydrogen-bond donors (Lipinski definition) is 2. The molecule has 2 aromatic rings. The molecular weight excluding hydrogens is 232 g/mol. The Morgan fingerprint density at radius 1 is 1.33 bits per heavy atom. The zero-order chi connectivity index (χ0) is 13.0. The minimum absolute atomic E-state index is 0.126. The van der Waals surface area contributed by atoms with Gasteiger partial charge in [0.15, 0.2) is 0 Å². The molecule has 0 spiro atoms. The van der Waals surface area contributed by atoms with Gasteiger partial charge in [-0.3, -0.25) is 14.6 Å². The quantitative estimate of drug-likeness (QED) is 0.805. The van der Waals surface area contributed by atoms with Crippen LogP contribution in [0.5, 0.6) is 5.75 Å². The van der Waals surface area contributed by atoms with Crippen LogP contribution in [0.3, 0.4) is 0 Å². The third-order valence-electron chi connectivity index (χ3n) is 2.33. The van der Waals surface area contributed by atoms with Gasteiger partial charge in [-0.25, -0.2) is 0 Å². The highest BCUT2D eigenvalue weighted by Gasteiger charge is 2.10. The van der Waals surface area contributed by atoms with Gasteiger partial charge in [-0.2, -0.15) is 0 Å². The first-order chi connectivity index (χ1) is 8.70. The minimum Gasteiger partial charge on any atom is -0.505 e. The van der Waals surface area contributed by atoms with Crippen molar-refractivity contribution in [2.45, 2.75) is 0 Å². The van der Waals surface area contributed by atoms with Crippen molar-refractivity contribution in [3.05, 3.63) is 53.9 Å². The van der Waals surface area contributed by atoms with Crippen LogP contribution in [0.1, 0.15) is 20.7 Å². The maximum absolute atomic E-state index is 11.8. The van der Waals surface area contributed by atoms with Crippen molar-refractivity contribution in [1.29, 1.82) is 0 Å². The number of carbonyl (C=O) groups is 2. The summed E-state index contributed by atoms with van der Waals surface area (Å²) in [5.41, 5.74) is 1.08. The van der Waals surface area contributed by atoms with Crippen LogP contribution in [0.25, 0.3) is 0 Å². The largest absolute Gasteiger partial charge is 0.505 e. The Morgan fingerprint density at radius 2 is 2.17 bits per heavy atom. The first-order valence-electron chi connectivity index (χ1n) is 5.20. The van der Waals surface area contributed by atoms with Crippen molar-refractivity contribution in [3.8, 4) is 5.75 Å². The van der Waals surface area contributed by atoms with E-state index in [0.29, 0.717) is 17.5 Å². The van der Waals surface area contributed by atoms with E-state index < -0.39 is 5.91 Å². The van der Waals surface area contributed by atoms with Crippen molar-refractivity contribution in [2.24, 2.45) is 0 Å². The van der Waals surface area contributed by atoms with E-state index in [0.717, 1.165) is 0 Å². The van der Waals surface area contributed by atoms with Gasteiger partial charge in [-0.05, 0) is 18.2 Å². The molecule has 0 radical (unpaired) electrons. The van der Waals surface area contributed by atoms with E-state index in [1.807, 2.05) is 0 Å². The average Bonchev–Trinajstić information content (AvgIpc) is 2.39. The second-order valence-corrected chi connectivity index (χ2v) is 3.59. The minimum atomic E-state index is -0.460. The van der Waals surface area contributed by atoms with Crippen molar-refractivity contribution >= 4 is 17.9 Å². The van der Waals surface area contributed by atoms with E-state index in [9.17, 15) is 14.7 Å². The van der Waals surface area contributed by atoms with E-state index in [-0.39, 0.29) is 11.3 Å². The van der Waals surface area contributed by atoms with Crippen molar-refractivity contribution < 1.29 is 14.7 Å². The predicted molar refractivity (Wildman–Crippen MR) is 65.7 cm³/mol. The number of benzene rings is 1. The zero-order valence-electron chi connectivity index (χ0n) is 9.33. The summed E-state index contributed by atoms with van der Waals surface area (Å²) in [5.74, 6) is -0.653. The van der Waals surface area contributed by atoms with Gasteiger partial charge in [0.2, 0.25) is 0 Å². The highest BCUT2D eigenvalue weighted by molar-refractivity contribution is 6.06. The molecule has 0 saturated heterocycles. The predicted octanol–water partition coefficient (Wildman–Crippen LogP) is 1.85. The number of amides is 1. The molecule has 0 unspecified atom stereocenters. The Balaban J connectivity index is 2.21. The molecule has 18 heavy (non-hydrogen) atoms. The molecule has 1 amide bonds. The number of aldehydes is 1. The lowest BCUT2D eigenvalue weighted by Gasteiger charge is -2.06. The molecule has 2 rings (SSSR count). The number of nitrogens with one attached hydrogen (secondary N) is 1. The van der Waals surface area contributed by atoms with Gasteiger partial charge in [0.05, 0.1) is 11.8 Å². The third-order valence-corrected chi connectivity index (χ3v) is 2.33. The van der Waals surface area contributed by atoms with Crippen LogP contribution in [-0.4, -0.2) is 22.3 Å². The lowest BCUT2D eigenvalue weighted by Crippen LogP contribution is -2.12. The van der Waals surface area contributed by atoms with Crippen LogP contribution >= 0.6 is 0 Å². The van der Waals surface area contributed by atoms with Gasteiger partial charge in [0.1, 0.15) is 12.0 Å². The molecule has 0 saturated carbocycles. The Bertz CT molecular complexity index is 596. The molecule has 5 heteroatoms. The van der Waals surface area contributed by atoms with E-state index in [1.165, 1.54) is 18.5 Å². The van der Waals surface area contributed by atoms with Crippen molar-refractivity contribution in [2.75, 3.05) is 5.32 Å². The molecule has 0 atom stereocenters. The average molecular weight is 242 g/mol. The molecule has 0 aliphatic rings. The molecule has 1 heterocycles. The van der Waals surface area contributed by atoms with Gasteiger partial charge in [0, 0.05) is 17.4 Å². The fraction of sp³-hybridized carbons (Fsp3) is 0. The molecule has 0 aliphatic carbocycles. The molecule has 1 aromatic carbocycles. The summed E-state index contributed by atoms with van der Waals surface area (Å²) in [4.78, 5) is 26.1. The smallest absolute Gasteiger partial charge is 0.259 e. The summed E-state index contributed by atoms with van der Waals surface area (Å²) in [7, 11) is 0. The van der Waals surface area contributed by atoms with E-state index in [1.54, 1.807) is 24.3 Å². The van der Waals surface area contributed by atoms with E-state index >= 15 is 0 Å². The number of aromatic nitrogens is 1. The van der Waals surface area contributed by atoms with Crippen LogP contribution in [0, 0.1) is 0 Å². The lowest BCUT2D eigenvalue weighted by atomic mass is 10.2. The molecule has 0 aliphatic heterocycles. The molecule has 2 N–H and O–H groups in total. The number of nitrogens with zero attached hydrogens (tertiary/aromatic N) is 1. The van der Waals surface area contributed by atoms with Gasteiger partial charge < -0.3 is 10.4 Å². The van der Waals surface area contributed by atoms with E-state index in [2.05, 4.69) is 10.3 Å². The fourth-order valence-electron chi connectivity index (χ4n) is 1.47.